The molecular formula is C11H14N2O6. The van der Waals surface area contributed by atoms with E-state index in [1.165, 1.54) is 24.9 Å². The molecule has 0 bridgehead atoms. The highest BCUT2D eigenvalue weighted by molar-refractivity contribution is 5.23. The van der Waals surface area contributed by atoms with Crippen molar-refractivity contribution in [3.63, 3.8) is 0 Å². The average Bonchev–Trinajstić information content (AvgIpc) is 2.68. The third kappa shape index (κ3) is 1.94. The second kappa shape index (κ2) is 4.56. The van der Waals surface area contributed by atoms with Gasteiger partial charge in [-0.25, -0.2) is 4.79 Å². The summed E-state index contributed by atoms with van der Waals surface area (Å²) < 4.78 is 7.19. The Balaban J connectivity index is 2.52. The molecule has 3 N–H and O–H groups in total. The van der Waals surface area contributed by atoms with Crippen molar-refractivity contribution in [1.29, 1.82) is 0 Å². The molecule has 8 heteroatoms. The number of aromatic nitrogens is 2. The van der Waals surface area contributed by atoms with Gasteiger partial charge in [-0.15, -0.1) is 0 Å². The zero-order valence-electron chi connectivity index (χ0n) is 10.4. The largest absolute Gasteiger partial charge is 0.506 e. The van der Waals surface area contributed by atoms with E-state index in [2.05, 4.69) is 0 Å². The molecule has 2 heterocycles. The maximum atomic E-state index is 12.0. The van der Waals surface area contributed by atoms with E-state index in [0.29, 0.717) is 0 Å². The van der Waals surface area contributed by atoms with Crippen LogP contribution in [-0.2, 0) is 18.8 Å². The van der Waals surface area contributed by atoms with Crippen LogP contribution in [0.15, 0.2) is 27.3 Å². The predicted molar refractivity (Wildman–Crippen MR) is 63.5 cm³/mol. The highest BCUT2D eigenvalue weighted by atomic mass is 16.5. The SMILES string of the molecule is Cn1cc([C@@H]2OC(CO)=C(O)C2O)c(=O)n(C)c1=O. The molecule has 104 valence electrons. The number of hydrogen-bond acceptors (Lipinski definition) is 6. The summed E-state index contributed by atoms with van der Waals surface area (Å²) in [5.41, 5.74) is -1.12. The van der Waals surface area contributed by atoms with E-state index < -0.39 is 35.8 Å². The van der Waals surface area contributed by atoms with E-state index >= 15 is 0 Å². The molecule has 0 saturated heterocycles. The van der Waals surface area contributed by atoms with Gasteiger partial charge in [-0.3, -0.25) is 9.36 Å². The highest BCUT2D eigenvalue weighted by Crippen LogP contribution is 2.33. The van der Waals surface area contributed by atoms with Crippen molar-refractivity contribution in [1.82, 2.24) is 9.13 Å². The smallest absolute Gasteiger partial charge is 0.330 e. The minimum absolute atomic E-state index is 0.0205. The summed E-state index contributed by atoms with van der Waals surface area (Å²) in [6, 6.07) is 0. The van der Waals surface area contributed by atoms with Gasteiger partial charge in [0.15, 0.2) is 23.7 Å². The normalized spacial score (nSPS) is 22.7. The molecule has 1 aliphatic rings. The number of aliphatic hydroxyl groups is 3. The Labute approximate surface area is 107 Å². The Kier molecular flexibility index (Phi) is 3.21. The van der Waals surface area contributed by atoms with Gasteiger partial charge in [-0.05, 0) is 0 Å². The van der Waals surface area contributed by atoms with Gasteiger partial charge >= 0.3 is 5.69 Å². The Morgan fingerprint density at radius 1 is 1.37 bits per heavy atom. The van der Waals surface area contributed by atoms with Crippen LogP contribution < -0.4 is 11.2 Å². The lowest BCUT2D eigenvalue weighted by Gasteiger charge is -2.16. The molecule has 1 aromatic rings. The van der Waals surface area contributed by atoms with Crippen LogP contribution in [-0.4, -0.2) is 37.2 Å². The molecule has 0 aliphatic carbocycles. The van der Waals surface area contributed by atoms with Gasteiger partial charge < -0.3 is 24.6 Å². The molecule has 0 radical (unpaired) electrons. The summed E-state index contributed by atoms with van der Waals surface area (Å²) in [4.78, 5) is 23.5. The number of aryl methyl sites for hydroxylation is 1. The topological polar surface area (TPSA) is 114 Å². The number of rotatable bonds is 2. The van der Waals surface area contributed by atoms with Gasteiger partial charge in [-0.2, -0.15) is 0 Å². The van der Waals surface area contributed by atoms with Crippen molar-refractivity contribution in [3.05, 3.63) is 44.1 Å². The maximum Gasteiger partial charge on any atom is 0.330 e. The Hall–Kier alpha value is -2.06. The molecule has 0 spiro atoms. The lowest BCUT2D eigenvalue weighted by atomic mass is 10.1. The van der Waals surface area contributed by atoms with E-state index in [1.54, 1.807) is 0 Å². The lowest BCUT2D eigenvalue weighted by molar-refractivity contribution is 0.0308. The van der Waals surface area contributed by atoms with Crippen molar-refractivity contribution in [2.45, 2.75) is 12.2 Å². The van der Waals surface area contributed by atoms with E-state index in [0.717, 1.165) is 4.57 Å². The summed E-state index contributed by atoms with van der Waals surface area (Å²) >= 11 is 0. The minimum atomic E-state index is -1.45. The molecule has 0 saturated carbocycles. The van der Waals surface area contributed by atoms with Crippen LogP contribution in [0.5, 0.6) is 0 Å². The number of hydrogen-bond donors (Lipinski definition) is 3. The fourth-order valence-electron chi connectivity index (χ4n) is 1.97. The van der Waals surface area contributed by atoms with Crippen molar-refractivity contribution < 1.29 is 20.1 Å². The summed E-state index contributed by atoms with van der Waals surface area (Å²) in [6.45, 7) is -0.592. The predicted octanol–water partition coefficient (Wildman–Crippen LogP) is -1.72. The first-order chi connectivity index (χ1) is 8.88. The molecule has 0 amide bonds. The van der Waals surface area contributed by atoms with E-state index in [-0.39, 0.29) is 11.3 Å². The standard InChI is InChI=1S/C11H14N2O6/c1-12-3-5(10(17)13(2)11(12)18)9-8(16)7(15)6(4-14)19-9/h3,8-9,14-16H,4H2,1-2H3/t8?,9-/m0/s1. The van der Waals surface area contributed by atoms with Crippen molar-refractivity contribution >= 4 is 0 Å². The summed E-state index contributed by atoms with van der Waals surface area (Å²) in [6.07, 6.45) is -1.36. The zero-order valence-corrected chi connectivity index (χ0v) is 10.4. The number of aliphatic hydroxyl groups excluding tert-OH is 3. The number of ether oxygens (including phenoxy) is 1. The second-order valence-corrected chi connectivity index (χ2v) is 4.29. The first-order valence-electron chi connectivity index (χ1n) is 5.52. The van der Waals surface area contributed by atoms with Crippen LogP contribution in [0.25, 0.3) is 0 Å². The van der Waals surface area contributed by atoms with E-state index in [1.807, 2.05) is 0 Å². The monoisotopic (exact) mass is 270 g/mol. The lowest BCUT2D eigenvalue weighted by Crippen LogP contribution is -2.40. The fraction of sp³-hybridized carbons (Fsp3) is 0.455. The van der Waals surface area contributed by atoms with Gasteiger partial charge in [0.2, 0.25) is 0 Å². The van der Waals surface area contributed by atoms with Crippen LogP contribution in [0.3, 0.4) is 0 Å². The first-order valence-corrected chi connectivity index (χ1v) is 5.52. The second-order valence-electron chi connectivity index (χ2n) is 4.29. The van der Waals surface area contributed by atoms with Crippen molar-refractivity contribution in [2.24, 2.45) is 14.1 Å². The summed E-state index contributed by atoms with van der Waals surface area (Å²) in [7, 11) is 2.75. The Morgan fingerprint density at radius 3 is 2.53 bits per heavy atom. The average molecular weight is 270 g/mol. The van der Waals surface area contributed by atoms with Crippen molar-refractivity contribution in [3.8, 4) is 0 Å². The van der Waals surface area contributed by atoms with Crippen LogP contribution in [0.1, 0.15) is 11.7 Å². The molecule has 1 unspecified atom stereocenters. The van der Waals surface area contributed by atoms with Gasteiger partial charge in [-0.1, -0.05) is 0 Å². The molecule has 2 rings (SSSR count). The third-order valence-corrected chi connectivity index (χ3v) is 3.04. The van der Waals surface area contributed by atoms with Crippen LogP contribution in [0.4, 0.5) is 0 Å². The molecule has 2 atom stereocenters. The highest BCUT2D eigenvalue weighted by Gasteiger charge is 2.38. The fourth-order valence-corrected chi connectivity index (χ4v) is 1.97. The molecule has 0 fully saturated rings. The summed E-state index contributed by atoms with van der Waals surface area (Å²) in [5.74, 6) is -0.697. The maximum absolute atomic E-state index is 12.0. The molecule has 19 heavy (non-hydrogen) atoms. The number of nitrogens with zero attached hydrogens (tertiary/aromatic N) is 2. The van der Waals surface area contributed by atoms with Crippen LogP contribution >= 0.6 is 0 Å². The van der Waals surface area contributed by atoms with Gasteiger partial charge in [0, 0.05) is 20.3 Å². The minimum Gasteiger partial charge on any atom is -0.506 e. The summed E-state index contributed by atoms with van der Waals surface area (Å²) in [5, 5.41) is 28.3. The quantitative estimate of drug-likeness (QED) is 0.589. The van der Waals surface area contributed by atoms with Crippen molar-refractivity contribution in [2.75, 3.05) is 6.61 Å². The van der Waals surface area contributed by atoms with Gasteiger partial charge in [0.05, 0.1) is 5.56 Å². The molecule has 1 aliphatic heterocycles. The molecular weight excluding hydrogens is 256 g/mol. The van der Waals surface area contributed by atoms with Crippen LogP contribution in [0, 0.1) is 0 Å². The molecule has 1 aromatic heterocycles. The third-order valence-electron chi connectivity index (χ3n) is 3.04. The van der Waals surface area contributed by atoms with Gasteiger partial charge in [0.1, 0.15) is 6.61 Å². The molecule has 8 nitrogen and oxygen atoms in total. The van der Waals surface area contributed by atoms with Gasteiger partial charge in [0.25, 0.3) is 5.56 Å². The molecule has 0 aromatic carbocycles. The van der Waals surface area contributed by atoms with E-state index in [9.17, 15) is 19.8 Å². The van der Waals surface area contributed by atoms with E-state index in [4.69, 9.17) is 9.84 Å². The zero-order chi connectivity index (χ0) is 14.3. The Bertz CT molecular complexity index is 656. The first kappa shape index (κ1) is 13.4. The Morgan fingerprint density at radius 2 is 2.00 bits per heavy atom. The van der Waals surface area contributed by atoms with Crippen LogP contribution in [0.2, 0.25) is 0 Å².